The van der Waals surface area contributed by atoms with Crippen LogP contribution in [0.3, 0.4) is 0 Å². The van der Waals surface area contributed by atoms with Crippen LogP contribution in [0.1, 0.15) is 18.9 Å². The summed E-state index contributed by atoms with van der Waals surface area (Å²) in [7, 11) is 2.09. The van der Waals surface area contributed by atoms with Crippen LogP contribution in [-0.4, -0.2) is 35.8 Å². The molecule has 122 valence electrons. The third-order valence-electron chi connectivity index (χ3n) is 4.28. The van der Waals surface area contributed by atoms with E-state index in [0.29, 0.717) is 18.9 Å². The number of hydrogen-bond acceptors (Lipinski definition) is 3. The minimum atomic E-state index is 0.160. The average Bonchev–Trinajstić information content (AvgIpc) is 2.90. The number of fused-ring (bicyclic) bond motifs is 1. The number of para-hydroxylation sites is 2. The highest BCUT2D eigenvalue weighted by atomic mass is 16.2. The maximum Gasteiger partial charge on any atom is 0.228 e. The highest BCUT2D eigenvalue weighted by Gasteiger charge is 2.26. The second-order valence-electron chi connectivity index (χ2n) is 6.51. The van der Waals surface area contributed by atoms with Crippen LogP contribution >= 0.6 is 0 Å². The smallest absolute Gasteiger partial charge is 0.228 e. The van der Waals surface area contributed by atoms with Crippen LogP contribution in [0.2, 0.25) is 0 Å². The minimum absolute atomic E-state index is 0.160. The molecule has 1 aromatic carbocycles. The first-order valence-electron chi connectivity index (χ1n) is 8.14. The van der Waals surface area contributed by atoms with E-state index in [-0.39, 0.29) is 5.91 Å². The van der Waals surface area contributed by atoms with Gasteiger partial charge in [0, 0.05) is 39.3 Å². The number of benzene rings is 1. The molecule has 0 bridgehead atoms. The molecule has 1 aromatic heterocycles. The number of aromatic nitrogens is 2. The molecule has 0 unspecified atom stereocenters. The third-order valence-corrected chi connectivity index (χ3v) is 4.28. The monoisotopic (exact) mass is 312 g/mol. The van der Waals surface area contributed by atoms with Gasteiger partial charge >= 0.3 is 0 Å². The number of carbonyl (C=O) groups is 1. The maximum absolute atomic E-state index is 12.8. The third kappa shape index (κ3) is 3.38. The van der Waals surface area contributed by atoms with E-state index in [1.807, 2.05) is 47.1 Å². The number of amides is 1. The van der Waals surface area contributed by atoms with Crippen molar-refractivity contribution in [2.45, 2.75) is 26.8 Å². The van der Waals surface area contributed by atoms with Crippen LogP contribution in [0.15, 0.2) is 36.7 Å². The van der Waals surface area contributed by atoms with Gasteiger partial charge in [-0.2, -0.15) is 5.10 Å². The Morgan fingerprint density at radius 1 is 1.26 bits per heavy atom. The Kier molecular flexibility index (Phi) is 4.37. The number of nitrogens with zero attached hydrogens (tertiary/aromatic N) is 4. The van der Waals surface area contributed by atoms with Gasteiger partial charge in [0.1, 0.15) is 0 Å². The van der Waals surface area contributed by atoms with E-state index in [4.69, 9.17) is 0 Å². The molecule has 1 aliphatic rings. The zero-order valence-electron chi connectivity index (χ0n) is 14.1. The number of rotatable bonds is 3. The van der Waals surface area contributed by atoms with Crippen molar-refractivity contribution in [3.05, 3.63) is 42.2 Å². The first kappa shape index (κ1) is 15.6. The van der Waals surface area contributed by atoms with Gasteiger partial charge in [0.25, 0.3) is 0 Å². The van der Waals surface area contributed by atoms with E-state index in [1.165, 1.54) is 0 Å². The summed E-state index contributed by atoms with van der Waals surface area (Å²) in [4.78, 5) is 17.0. The van der Waals surface area contributed by atoms with Crippen LogP contribution in [0.5, 0.6) is 0 Å². The lowest BCUT2D eigenvalue weighted by molar-refractivity contribution is -0.119. The number of hydrogen-bond donors (Lipinski definition) is 0. The minimum Gasteiger partial charge on any atom is -0.373 e. The Morgan fingerprint density at radius 2 is 2.00 bits per heavy atom. The summed E-state index contributed by atoms with van der Waals surface area (Å²) in [5.41, 5.74) is 3.26. The standard InChI is InChI=1S/C18H24N4O/c1-14-10-19-21(12-14)9-8-18(23)22-13-15(2)11-20(3)16-6-4-5-7-17(16)22/h4-7,10,12,15H,8-9,11,13H2,1-3H3/t15-/m1/s1. The normalized spacial score (nSPS) is 17.8. The van der Waals surface area contributed by atoms with Gasteiger partial charge < -0.3 is 9.80 Å². The lowest BCUT2D eigenvalue weighted by Crippen LogP contribution is -2.35. The van der Waals surface area contributed by atoms with Gasteiger partial charge in [0.2, 0.25) is 5.91 Å². The Morgan fingerprint density at radius 3 is 2.70 bits per heavy atom. The zero-order chi connectivity index (χ0) is 16.4. The summed E-state index contributed by atoms with van der Waals surface area (Å²) in [6.07, 6.45) is 4.26. The van der Waals surface area contributed by atoms with Gasteiger partial charge in [-0.15, -0.1) is 0 Å². The summed E-state index contributed by atoms with van der Waals surface area (Å²) >= 11 is 0. The van der Waals surface area contributed by atoms with Crippen LogP contribution in [0.25, 0.3) is 0 Å². The molecule has 0 aliphatic carbocycles. The van der Waals surface area contributed by atoms with Gasteiger partial charge in [-0.25, -0.2) is 0 Å². The van der Waals surface area contributed by atoms with Crippen molar-refractivity contribution < 1.29 is 4.79 Å². The first-order chi connectivity index (χ1) is 11.0. The molecule has 0 radical (unpaired) electrons. The predicted molar refractivity (Wildman–Crippen MR) is 92.8 cm³/mol. The van der Waals surface area contributed by atoms with Crippen LogP contribution in [0, 0.1) is 12.8 Å². The van der Waals surface area contributed by atoms with E-state index in [2.05, 4.69) is 30.0 Å². The second-order valence-corrected chi connectivity index (χ2v) is 6.51. The van der Waals surface area contributed by atoms with Crippen LogP contribution in [-0.2, 0) is 11.3 Å². The molecular formula is C18H24N4O. The summed E-state index contributed by atoms with van der Waals surface area (Å²) in [6, 6.07) is 8.16. The Bertz CT molecular complexity index is 694. The SMILES string of the molecule is Cc1cnn(CCC(=O)N2C[C@H](C)CN(C)c3ccccc32)c1. The van der Waals surface area contributed by atoms with Crippen LogP contribution < -0.4 is 9.80 Å². The molecule has 5 nitrogen and oxygen atoms in total. The fraction of sp³-hybridized carbons (Fsp3) is 0.444. The molecule has 23 heavy (non-hydrogen) atoms. The first-order valence-corrected chi connectivity index (χ1v) is 8.14. The molecule has 0 saturated carbocycles. The number of carbonyl (C=O) groups excluding carboxylic acids is 1. The molecular weight excluding hydrogens is 288 g/mol. The molecule has 1 atom stereocenters. The topological polar surface area (TPSA) is 41.4 Å². The molecule has 5 heteroatoms. The summed E-state index contributed by atoms with van der Waals surface area (Å²) in [6.45, 7) is 6.54. The second kappa shape index (κ2) is 6.44. The largest absolute Gasteiger partial charge is 0.373 e. The Labute approximate surface area is 137 Å². The van der Waals surface area contributed by atoms with Crippen molar-refractivity contribution in [1.29, 1.82) is 0 Å². The average molecular weight is 312 g/mol. The molecule has 3 rings (SSSR count). The van der Waals surface area contributed by atoms with Gasteiger partial charge in [-0.3, -0.25) is 9.48 Å². The van der Waals surface area contributed by atoms with Crippen molar-refractivity contribution in [3.8, 4) is 0 Å². The van der Waals surface area contributed by atoms with Crippen LogP contribution in [0.4, 0.5) is 11.4 Å². The van der Waals surface area contributed by atoms with E-state index in [1.54, 1.807) is 0 Å². The molecule has 0 saturated heterocycles. The van der Waals surface area contributed by atoms with Gasteiger partial charge in [-0.1, -0.05) is 19.1 Å². The molecule has 2 aromatic rings. The summed E-state index contributed by atoms with van der Waals surface area (Å²) in [5, 5.41) is 4.26. The molecule has 0 spiro atoms. The van der Waals surface area contributed by atoms with E-state index >= 15 is 0 Å². The number of anilines is 2. The highest BCUT2D eigenvalue weighted by Crippen LogP contribution is 2.32. The lowest BCUT2D eigenvalue weighted by atomic mass is 10.1. The molecule has 0 N–H and O–H groups in total. The summed E-state index contributed by atoms with van der Waals surface area (Å²) in [5.74, 6) is 0.594. The molecule has 1 amide bonds. The zero-order valence-corrected chi connectivity index (χ0v) is 14.1. The Balaban J connectivity index is 1.79. The Hall–Kier alpha value is -2.30. The predicted octanol–water partition coefficient (Wildman–Crippen LogP) is 2.70. The molecule has 1 aliphatic heterocycles. The highest BCUT2D eigenvalue weighted by molar-refractivity contribution is 5.97. The fourth-order valence-corrected chi connectivity index (χ4v) is 3.22. The summed E-state index contributed by atoms with van der Waals surface area (Å²) < 4.78 is 1.84. The van der Waals surface area contributed by atoms with Crippen molar-refractivity contribution in [2.75, 3.05) is 29.9 Å². The van der Waals surface area contributed by atoms with Gasteiger partial charge in [-0.05, 0) is 30.5 Å². The van der Waals surface area contributed by atoms with E-state index < -0.39 is 0 Å². The van der Waals surface area contributed by atoms with Gasteiger partial charge in [0.05, 0.1) is 17.6 Å². The number of aryl methyl sites for hydroxylation is 2. The fourth-order valence-electron chi connectivity index (χ4n) is 3.22. The molecule has 2 heterocycles. The van der Waals surface area contributed by atoms with E-state index in [0.717, 1.165) is 30.0 Å². The van der Waals surface area contributed by atoms with Crippen molar-refractivity contribution in [1.82, 2.24) is 9.78 Å². The van der Waals surface area contributed by atoms with Crippen molar-refractivity contribution in [3.63, 3.8) is 0 Å². The van der Waals surface area contributed by atoms with E-state index in [9.17, 15) is 4.79 Å². The van der Waals surface area contributed by atoms with Crippen molar-refractivity contribution in [2.24, 2.45) is 5.92 Å². The lowest BCUT2D eigenvalue weighted by Gasteiger charge is -2.24. The van der Waals surface area contributed by atoms with Crippen molar-refractivity contribution >= 4 is 17.3 Å². The maximum atomic E-state index is 12.8. The van der Waals surface area contributed by atoms with Gasteiger partial charge in [0.15, 0.2) is 0 Å². The quantitative estimate of drug-likeness (QED) is 0.875. The molecule has 0 fully saturated rings.